The Morgan fingerprint density at radius 2 is 2.11 bits per heavy atom. The van der Waals surface area contributed by atoms with E-state index in [1.165, 1.54) is 17.3 Å². The molecule has 0 radical (unpaired) electrons. The van der Waals surface area contributed by atoms with Crippen LogP contribution in [-0.2, 0) is 11.3 Å². The van der Waals surface area contributed by atoms with E-state index in [-0.39, 0.29) is 13.0 Å². The van der Waals surface area contributed by atoms with Gasteiger partial charge in [0, 0.05) is 6.04 Å². The van der Waals surface area contributed by atoms with E-state index in [2.05, 4.69) is 15.4 Å². The zero-order valence-corrected chi connectivity index (χ0v) is 10.2. The van der Waals surface area contributed by atoms with Crippen molar-refractivity contribution in [1.82, 2.24) is 20.1 Å². The molecule has 106 valence electrons. The van der Waals surface area contributed by atoms with E-state index < -0.39 is 24.0 Å². The fourth-order valence-electron chi connectivity index (χ4n) is 2.41. The third kappa shape index (κ3) is 3.68. The van der Waals surface area contributed by atoms with Crippen molar-refractivity contribution in [3.63, 3.8) is 0 Å². The third-order valence-corrected chi connectivity index (χ3v) is 3.30. The van der Waals surface area contributed by atoms with Gasteiger partial charge in [-0.15, -0.1) is 0 Å². The van der Waals surface area contributed by atoms with Gasteiger partial charge in [-0.05, 0) is 12.8 Å². The van der Waals surface area contributed by atoms with Crippen molar-refractivity contribution in [3.05, 3.63) is 12.7 Å². The summed E-state index contributed by atoms with van der Waals surface area (Å²) in [6.07, 6.45) is 0.0746. The van der Waals surface area contributed by atoms with Crippen molar-refractivity contribution in [2.24, 2.45) is 5.92 Å². The molecule has 8 heteroatoms. The molecule has 5 nitrogen and oxygen atoms in total. The van der Waals surface area contributed by atoms with Gasteiger partial charge in [-0.1, -0.05) is 12.8 Å². The Bertz CT molecular complexity index is 418. The Labute approximate surface area is 108 Å². The maximum Gasteiger partial charge on any atom is 0.393 e. The topological polar surface area (TPSA) is 59.8 Å². The van der Waals surface area contributed by atoms with Gasteiger partial charge in [0.1, 0.15) is 19.2 Å². The van der Waals surface area contributed by atoms with Gasteiger partial charge < -0.3 is 5.32 Å². The highest BCUT2D eigenvalue weighted by atomic mass is 19.4. The number of hydrogen-bond acceptors (Lipinski definition) is 3. The number of nitrogens with zero attached hydrogens (tertiary/aromatic N) is 3. The first kappa shape index (κ1) is 13.8. The van der Waals surface area contributed by atoms with Crippen molar-refractivity contribution < 1.29 is 18.0 Å². The first-order valence-corrected chi connectivity index (χ1v) is 6.15. The van der Waals surface area contributed by atoms with E-state index in [1.807, 2.05) is 0 Å². The minimum Gasteiger partial charge on any atom is -0.351 e. The molecule has 0 spiro atoms. The molecule has 1 heterocycles. The number of rotatable bonds is 3. The molecule has 1 aromatic rings. The highest BCUT2D eigenvalue weighted by molar-refractivity contribution is 5.75. The molecule has 1 aliphatic rings. The van der Waals surface area contributed by atoms with Crippen LogP contribution in [0.2, 0.25) is 0 Å². The summed E-state index contributed by atoms with van der Waals surface area (Å²) in [6, 6.07) is -0.829. The minimum atomic E-state index is -4.26. The number of carbonyl (C=O) groups is 1. The van der Waals surface area contributed by atoms with Crippen LogP contribution in [0.1, 0.15) is 25.7 Å². The lowest BCUT2D eigenvalue weighted by Gasteiger charge is -2.33. The number of nitrogens with one attached hydrogen (secondary N) is 1. The van der Waals surface area contributed by atoms with Gasteiger partial charge in [-0.25, -0.2) is 9.67 Å². The lowest BCUT2D eigenvalue weighted by molar-refractivity contribution is -0.189. The molecule has 0 unspecified atom stereocenters. The summed E-state index contributed by atoms with van der Waals surface area (Å²) in [7, 11) is 0. The average Bonchev–Trinajstić information content (AvgIpc) is 2.81. The molecule has 1 fully saturated rings. The van der Waals surface area contributed by atoms with E-state index in [4.69, 9.17) is 0 Å². The molecule has 0 aliphatic heterocycles. The predicted molar refractivity (Wildman–Crippen MR) is 60.0 cm³/mol. The molecule has 2 rings (SSSR count). The van der Waals surface area contributed by atoms with Gasteiger partial charge in [0.05, 0.1) is 5.92 Å². The fourth-order valence-corrected chi connectivity index (χ4v) is 2.41. The van der Waals surface area contributed by atoms with E-state index in [0.29, 0.717) is 19.3 Å². The normalized spacial score (nSPS) is 24.2. The molecular formula is C11H15F3N4O. The Morgan fingerprint density at radius 3 is 2.74 bits per heavy atom. The van der Waals surface area contributed by atoms with Crippen LogP contribution < -0.4 is 5.32 Å². The summed E-state index contributed by atoms with van der Waals surface area (Å²) < 4.78 is 39.8. The molecule has 0 bridgehead atoms. The number of amides is 1. The summed E-state index contributed by atoms with van der Waals surface area (Å²) in [5.41, 5.74) is 0. The van der Waals surface area contributed by atoms with Crippen LogP contribution >= 0.6 is 0 Å². The van der Waals surface area contributed by atoms with Crippen LogP contribution in [0.3, 0.4) is 0 Å². The van der Waals surface area contributed by atoms with Gasteiger partial charge in [0.25, 0.3) is 0 Å². The first-order valence-electron chi connectivity index (χ1n) is 6.15. The van der Waals surface area contributed by atoms with E-state index >= 15 is 0 Å². The first-order chi connectivity index (χ1) is 8.97. The van der Waals surface area contributed by atoms with Gasteiger partial charge in [-0.2, -0.15) is 18.3 Å². The molecule has 1 N–H and O–H groups in total. The average molecular weight is 276 g/mol. The van der Waals surface area contributed by atoms with Crippen LogP contribution in [0, 0.1) is 5.92 Å². The van der Waals surface area contributed by atoms with Crippen molar-refractivity contribution in [1.29, 1.82) is 0 Å². The third-order valence-electron chi connectivity index (χ3n) is 3.30. The SMILES string of the molecule is O=C(Cn1cncn1)N[C@H]1CCCC[C@@H]1C(F)(F)F. The highest BCUT2D eigenvalue weighted by Gasteiger charge is 2.45. The van der Waals surface area contributed by atoms with E-state index in [1.54, 1.807) is 0 Å². The fraction of sp³-hybridized carbons (Fsp3) is 0.727. The van der Waals surface area contributed by atoms with E-state index in [0.717, 1.165) is 0 Å². The molecule has 1 aromatic heterocycles. The molecule has 1 saturated carbocycles. The summed E-state index contributed by atoms with van der Waals surface area (Å²) >= 11 is 0. The molecule has 19 heavy (non-hydrogen) atoms. The van der Waals surface area contributed by atoms with Gasteiger partial charge in [0.2, 0.25) is 5.91 Å². The second-order valence-corrected chi connectivity index (χ2v) is 4.70. The quantitative estimate of drug-likeness (QED) is 0.910. The van der Waals surface area contributed by atoms with Crippen molar-refractivity contribution >= 4 is 5.91 Å². The monoisotopic (exact) mass is 276 g/mol. The number of hydrogen-bond donors (Lipinski definition) is 1. The number of alkyl halides is 3. The van der Waals surface area contributed by atoms with Crippen LogP contribution in [0.15, 0.2) is 12.7 Å². The Kier molecular flexibility index (Phi) is 4.06. The molecule has 2 atom stereocenters. The summed E-state index contributed by atoms with van der Waals surface area (Å²) in [4.78, 5) is 15.4. The van der Waals surface area contributed by atoms with Crippen molar-refractivity contribution in [2.75, 3.05) is 0 Å². The van der Waals surface area contributed by atoms with Crippen LogP contribution in [-0.4, -0.2) is 32.9 Å². The number of halogens is 3. The van der Waals surface area contributed by atoms with Crippen molar-refractivity contribution in [2.45, 2.75) is 44.4 Å². The lowest BCUT2D eigenvalue weighted by Crippen LogP contribution is -2.48. The molecular weight excluding hydrogens is 261 g/mol. The highest BCUT2D eigenvalue weighted by Crippen LogP contribution is 2.37. The smallest absolute Gasteiger partial charge is 0.351 e. The summed E-state index contributed by atoms with van der Waals surface area (Å²) in [5, 5.41) is 6.21. The minimum absolute atomic E-state index is 0.0811. The largest absolute Gasteiger partial charge is 0.393 e. The van der Waals surface area contributed by atoms with Gasteiger partial charge >= 0.3 is 6.18 Å². The summed E-state index contributed by atoms with van der Waals surface area (Å²) in [6.45, 7) is -0.110. The maximum absolute atomic E-state index is 12.8. The second kappa shape index (κ2) is 5.58. The molecule has 1 aliphatic carbocycles. The number of aromatic nitrogens is 3. The molecule has 0 aromatic carbocycles. The van der Waals surface area contributed by atoms with Gasteiger partial charge in [0.15, 0.2) is 0 Å². The molecule has 1 amide bonds. The maximum atomic E-state index is 12.8. The lowest BCUT2D eigenvalue weighted by atomic mass is 9.84. The zero-order valence-electron chi connectivity index (χ0n) is 10.2. The standard InChI is InChI=1S/C11H15F3N4O/c12-11(13,14)8-3-1-2-4-9(8)17-10(19)5-18-7-15-6-16-18/h6-9H,1-5H2,(H,17,19)/t8-,9-/m0/s1. The van der Waals surface area contributed by atoms with Crippen LogP contribution in [0.5, 0.6) is 0 Å². The van der Waals surface area contributed by atoms with Gasteiger partial charge in [-0.3, -0.25) is 4.79 Å². The Balaban J connectivity index is 1.94. The summed E-state index contributed by atoms with van der Waals surface area (Å²) in [5.74, 6) is -1.91. The second-order valence-electron chi connectivity index (χ2n) is 4.70. The van der Waals surface area contributed by atoms with Crippen LogP contribution in [0.25, 0.3) is 0 Å². The van der Waals surface area contributed by atoms with E-state index in [9.17, 15) is 18.0 Å². The van der Waals surface area contributed by atoms with Crippen molar-refractivity contribution in [3.8, 4) is 0 Å². The Morgan fingerprint density at radius 1 is 1.37 bits per heavy atom. The predicted octanol–water partition coefficient (Wildman–Crippen LogP) is 1.52. The Hall–Kier alpha value is -1.60. The van der Waals surface area contributed by atoms with Crippen LogP contribution in [0.4, 0.5) is 13.2 Å². The molecule has 0 saturated heterocycles. The zero-order chi connectivity index (χ0) is 13.9. The number of carbonyl (C=O) groups excluding carboxylic acids is 1.